The number of aliphatic hydroxyl groups is 1. The van der Waals surface area contributed by atoms with Crippen LogP contribution < -0.4 is 5.43 Å². The second-order valence-electron chi connectivity index (χ2n) is 7.90. The van der Waals surface area contributed by atoms with Crippen LogP contribution in [-0.4, -0.2) is 47.4 Å². The minimum absolute atomic E-state index is 0.0715. The number of aromatic nitrogens is 1. The molecule has 5 heteroatoms. The second kappa shape index (κ2) is 7.51. The summed E-state index contributed by atoms with van der Waals surface area (Å²) in [6.45, 7) is 9.05. The first kappa shape index (κ1) is 19.1. The van der Waals surface area contributed by atoms with Crippen LogP contribution >= 0.6 is 0 Å². The van der Waals surface area contributed by atoms with Gasteiger partial charge in [-0.1, -0.05) is 13.0 Å². The Hall–Kier alpha value is -1.69. The van der Waals surface area contributed by atoms with E-state index in [9.17, 15) is 9.90 Å². The molecule has 2 unspecified atom stereocenters. The molecule has 0 radical (unpaired) electrons. The molecular formula is C21H30N2O3. The minimum Gasteiger partial charge on any atom is -0.389 e. The summed E-state index contributed by atoms with van der Waals surface area (Å²) in [7, 11) is 1.67. The Morgan fingerprint density at radius 1 is 1.35 bits per heavy atom. The SMILES string of the molecule is COCCC1(O)CCN(Cc2cc(=O)c3cc(C)cc(C)c3[nH]2)CC1C. The lowest BCUT2D eigenvalue weighted by Gasteiger charge is -2.43. The van der Waals surface area contributed by atoms with Gasteiger partial charge in [-0.2, -0.15) is 0 Å². The topological polar surface area (TPSA) is 65.6 Å². The molecule has 1 aliphatic rings. The van der Waals surface area contributed by atoms with E-state index in [2.05, 4.69) is 22.9 Å². The van der Waals surface area contributed by atoms with Gasteiger partial charge in [-0.3, -0.25) is 9.69 Å². The number of hydrogen-bond acceptors (Lipinski definition) is 4. The highest BCUT2D eigenvalue weighted by molar-refractivity contribution is 5.82. The first-order valence-corrected chi connectivity index (χ1v) is 9.39. The molecule has 1 aliphatic heterocycles. The Labute approximate surface area is 155 Å². The van der Waals surface area contributed by atoms with Crippen molar-refractivity contribution in [3.05, 3.63) is 45.2 Å². The fourth-order valence-corrected chi connectivity index (χ4v) is 4.13. The van der Waals surface area contributed by atoms with Gasteiger partial charge < -0.3 is 14.8 Å². The molecule has 2 atom stereocenters. The number of rotatable bonds is 5. The Kier molecular flexibility index (Phi) is 5.51. The van der Waals surface area contributed by atoms with E-state index in [0.29, 0.717) is 19.6 Å². The molecule has 0 bridgehead atoms. The molecule has 0 spiro atoms. The molecule has 2 heterocycles. The molecule has 1 saturated heterocycles. The number of piperidine rings is 1. The van der Waals surface area contributed by atoms with Crippen LogP contribution in [0.15, 0.2) is 23.0 Å². The lowest BCUT2D eigenvalue weighted by molar-refractivity contribution is -0.0828. The number of H-pyrrole nitrogens is 1. The number of hydrogen-bond donors (Lipinski definition) is 2. The summed E-state index contributed by atoms with van der Waals surface area (Å²) in [6, 6.07) is 5.77. The van der Waals surface area contributed by atoms with Crippen LogP contribution in [0.2, 0.25) is 0 Å². The summed E-state index contributed by atoms with van der Waals surface area (Å²) >= 11 is 0. The average Bonchev–Trinajstić information content (AvgIpc) is 2.58. The molecule has 1 aromatic carbocycles. The summed E-state index contributed by atoms with van der Waals surface area (Å²) in [5, 5.41) is 11.6. The van der Waals surface area contributed by atoms with Crippen molar-refractivity contribution in [1.82, 2.24) is 9.88 Å². The van der Waals surface area contributed by atoms with Crippen molar-refractivity contribution in [3.63, 3.8) is 0 Å². The summed E-state index contributed by atoms with van der Waals surface area (Å²) in [6.07, 6.45) is 1.40. The van der Waals surface area contributed by atoms with Crippen LogP contribution in [0.3, 0.4) is 0 Å². The Morgan fingerprint density at radius 3 is 2.81 bits per heavy atom. The predicted octanol–water partition coefficient (Wildman–Crippen LogP) is 2.75. The number of methoxy groups -OCH3 is 1. The van der Waals surface area contributed by atoms with Gasteiger partial charge in [0.1, 0.15) is 0 Å². The number of aryl methyl sites for hydroxylation is 2. The standard InChI is InChI=1S/C21H30N2O3/c1-14-9-15(2)20-18(10-14)19(24)11-17(22-20)13-23-7-5-21(25,6-8-26-4)16(3)12-23/h9-11,16,25H,5-8,12-13H2,1-4H3,(H,22,24). The zero-order valence-corrected chi connectivity index (χ0v) is 16.3. The number of likely N-dealkylation sites (tertiary alicyclic amines) is 1. The number of nitrogens with one attached hydrogen (secondary N) is 1. The maximum atomic E-state index is 12.5. The molecule has 0 amide bonds. The highest BCUT2D eigenvalue weighted by Gasteiger charge is 2.38. The number of aromatic amines is 1. The molecule has 0 aliphatic carbocycles. The zero-order chi connectivity index (χ0) is 18.9. The monoisotopic (exact) mass is 358 g/mol. The highest BCUT2D eigenvalue weighted by atomic mass is 16.5. The Balaban J connectivity index is 1.77. The molecule has 26 heavy (non-hydrogen) atoms. The van der Waals surface area contributed by atoms with Crippen molar-refractivity contribution in [2.24, 2.45) is 5.92 Å². The van der Waals surface area contributed by atoms with Crippen LogP contribution in [0.5, 0.6) is 0 Å². The van der Waals surface area contributed by atoms with Gasteiger partial charge in [0.15, 0.2) is 5.43 Å². The fraction of sp³-hybridized carbons (Fsp3) is 0.571. The van der Waals surface area contributed by atoms with Crippen molar-refractivity contribution in [1.29, 1.82) is 0 Å². The zero-order valence-electron chi connectivity index (χ0n) is 16.3. The third kappa shape index (κ3) is 3.85. The Morgan fingerprint density at radius 2 is 2.12 bits per heavy atom. The van der Waals surface area contributed by atoms with Crippen molar-refractivity contribution >= 4 is 10.9 Å². The van der Waals surface area contributed by atoms with E-state index >= 15 is 0 Å². The summed E-state index contributed by atoms with van der Waals surface area (Å²) < 4.78 is 5.14. The maximum Gasteiger partial charge on any atom is 0.189 e. The minimum atomic E-state index is -0.655. The molecule has 3 rings (SSSR count). The predicted molar refractivity (Wildman–Crippen MR) is 105 cm³/mol. The number of pyridine rings is 1. The van der Waals surface area contributed by atoms with E-state index in [0.717, 1.165) is 47.2 Å². The van der Waals surface area contributed by atoms with Crippen molar-refractivity contribution < 1.29 is 9.84 Å². The van der Waals surface area contributed by atoms with Crippen LogP contribution in [0.25, 0.3) is 10.9 Å². The van der Waals surface area contributed by atoms with Gasteiger partial charge in [-0.15, -0.1) is 0 Å². The number of benzene rings is 1. The van der Waals surface area contributed by atoms with Gasteiger partial charge >= 0.3 is 0 Å². The molecular weight excluding hydrogens is 328 g/mol. The van der Waals surface area contributed by atoms with Crippen LogP contribution in [-0.2, 0) is 11.3 Å². The second-order valence-corrected chi connectivity index (χ2v) is 7.90. The largest absolute Gasteiger partial charge is 0.389 e. The van der Waals surface area contributed by atoms with Crippen LogP contribution in [0.4, 0.5) is 0 Å². The quantitative estimate of drug-likeness (QED) is 0.863. The number of ether oxygens (including phenoxy) is 1. The first-order chi connectivity index (χ1) is 12.3. The van der Waals surface area contributed by atoms with E-state index in [1.54, 1.807) is 13.2 Å². The number of nitrogens with zero attached hydrogens (tertiary/aromatic N) is 1. The van der Waals surface area contributed by atoms with E-state index in [-0.39, 0.29) is 11.3 Å². The third-order valence-electron chi connectivity index (χ3n) is 5.78. The lowest BCUT2D eigenvalue weighted by Crippen LogP contribution is -2.51. The molecule has 0 saturated carbocycles. The van der Waals surface area contributed by atoms with Crippen molar-refractivity contribution in [2.45, 2.75) is 45.8 Å². The van der Waals surface area contributed by atoms with E-state index in [1.165, 1.54) is 0 Å². The molecule has 142 valence electrons. The van der Waals surface area contributed by atoms with Gasteiger partial charge in [0, 0.05) is 50.5 Å². The normalized spacial score (nSPS) is 24.3. The van der Waals surface area contributed by atoms with Crippen LogP contribution in [0, 0.1) is 19.8 Å². The first-order valence-electron chi connectivity index (χ1n) is 9.39. The van der Waals surface area contributed by atoms with Crippen molar-refractivity contribution in [3.8, 4) is 0 Å². The van der Waals surface area contributed by atoms with Crippen LogP contribution in [0.1, 0.15) is 36.6 Å². The maximum absolute atomic E-state index is 12.5. The molecule has 1 fully saturated rings. The average molecular weight is 358 g/mol. The number of fused-ring (bicyclic) bond motifs is 1. The molecule has 1 aromatic heterocycles. The van der Waals surface area contributed by atoms with E-state index < -0.39 is 5.60 Å². The van der Waals surface area contributed by atoms with Gasteiger partial charge in [-0.25, -0.2) is 0 Å². The van der Waals surface area contributed by atoms with Gasteiger partial charge in [0.25, 0.3) is 0 Å². The summed E-state index contributed by atoms with van der Waals surface area (Å²) in [5.74, 6) is 0.169. The van der Waals surface area contributed by atoms with Crippen molar-refractivity contribution in [2.75, 3.05) is 26.8 Å². The summed E-state index contributed by atoms with van der Waals surface area (Å²) in [5.41, 5.74) is 3.48. The molecule has 2 aromatic rings. The van der Waals surface area contributed by atoms with Gasteiger partial charge in [0.05, 0.1) is 11.1 Å². The van der Waals surface area contributed by atoms with E-state index in [1.807, 2.05) is 19.9 Å². The summed E-state index contributed by atoms with van der Waals surface area (Å²) in [4.78, 5) is 18.3. The van der Waals surface area contributed by atoms with Gasteiger partial charge in [0.2, 0.25) is 0 Å². The Bertz CT molecular complexity index is 845. The fourth-order valence-electron chi connectivity index (χ4n) is 4.13. The highest BCUT2D eigenvalue weighted by Crippen LogP contribution is 2.31. The molecule has 2 N–H and O–H groups in total. The smallest absolute Gasteiger partial charge is 0.189 e. The van der Waals surface area contributed by atoms with E-state index in [4.69, 9.17) is 4.74 Å². The van der Waals surface area contributed by atoms with Gasteiger partial charge in [-0.05, 0) is 49.8 Å². The lowest BCUT2D eigenvalue weighted by atomic mass is 9.80. The third-order valence-corrected chi connectivity index (χ3v) is 5.78. The molecule has 5 nitrogen and oxygen atoms in total.